The van der Waals surface area contributed by atoms with E-state index in [4.69, 9.17) is 0 Å². The zero-order valence-corrected chi connectivity index (χ0v) is 11.8. The van der Waals surface area contributed by atoms with Crippen molar-refractivity contribution in [3.8, 4) is 5.75 Å². The van der Waals surface area contributed by atoms with Gasteiger partial charge in [-0.1, -0.05) is 30.3 Å². The molecule has 2 aromatic rings. The summed E-state index contributed by atoms with van der Waals surface area (Å²) in [6, 6.07) is 14.0. The Hall–Kier alpha value is -2.40. The van der Waals surface area contributed by atoms with Crippen molar-refractivity contribution < 1.29 is 10.0 Å². The van der Waals surface area contributed by atoms with E-state index in [1.807, 2.05) is 19.1 Å². The summed E-state index contributed by atoms with van der Waals surface area (Å²) in [6.07, 6.45) is 0.793. The normalized spacial score (nSPS) is 12.0. The van der Waals surface area contributed by atoms with Crippen LogP contribution >= 0.6 is 0 Å². The van der Waals surface area contributed by atoms with Crippen LogP contribution in [0.5, 0.6) is 5.75 Å². The van der Waals surface area contributed by atoms with Crippen LogP contribution in [0, 0.1) is 10.1 Å². The highest BCUT2D eigenvalue weighted by atomic mass is 16.6. The van der Waals surface area contributed by atoms with Crippen LogP contribution in [0.15, 0.2) is 48.5 Å². The van der Waals surface area contributed by atoms with Gasteiger partial charge in [0.15, 0.2) is 0 Å². The second-order valence-corrected chi connectivity index (χ2v) is 5.04. The Bertz CT molecular complexity index is 611. The lowest BCUT2D eigenvalue weighted by atomic mass is 10.1. The predicted molar refractivity (Wildman–Crippen MR) is 81.2 cm³/mol. The third-order valence-corrected chi connectivity index (χ3v) is 3.31. The average molecular weight is 286 g/mol. The van der Waals surface area contributed by atoms with E-state index >= 15 is 0 Å². The lowest BCUT2D eigenvalue weighted by molar-refractivity contribution is -0.385. The van der Waals surface area contributed by atoms with E-state index in [2.05, 4.69) is 5.32 Å². The molecule has 5 heteroatoms. The van der Waals surface area contributed by atoms with Gasteiger partial charge in [0.05, 0.1) is 4.92 Å². The first-order valence-electron chi connectivity index (χ1n) is 6.80. The minimum atomic E-state index is -0.359. The average Bonchev–Trinajstić information content (AvgIpc) is 2.48. The van der Waals surface area contributed by atoms with Crippen molar-refractivity contribution >= 4 is 5.69 Å². The summed E-state index contributed by atoms with van der Waals surface area (Å²) >= 11 is 0. The molecule has 1 unspecified atom stereocenters. The molecule has 2 aromatic carbocycles. The largest absolute Gasteiger partial charge is 0.508 e. The first-order chi connectivity index (χ1) is 10.1. The van der Waals surface area contributed by atoms with Crippen LogP contribution in [-0.4, -0.2) is 16.1 Å². The van der Waals surface area contributed by atoms with Gasteiger partial charge in [-0.25, -0.2) is 0 Å². The monoisotopic (exact) mass is 286 g/mol. The van der Waals surface area contributed by atoms with E-state index < -0.39 is 0 Å². The summed E-state index contributed by atoms with van der Waals surface area (Å²) in [5.41, 5.74) is 1.93. The number of hydrogen-bond acceptors (Lipinski definition) is 4. The van der Waals surface area contributed by atoms with Crippen LogP contribution in [-0.2, 0) is 13.0 Å². The second-order valence-electron chi connectivity index (χ2n) is 5.04. The van der Waals surface area contributed by atoms with Crippen LogP contribution in [0.25, 0.3) is 0 Å². The number of phenolic OH excluding ortho intramolecular Hbond substituents is 1. The van der Waals surface area contributed by atoms with E-state index in [1.165, 1.54) is 6.07 Å². The standard InChI is InChI=1S/C16H18N2O3/c1-12(10-13-6-8-15(19)9-7-13)17-11-14-4-2-3-5-16(14)18(20)21/h2-9,12,17,19H,10-11H2,1H3. The number of hydrogen-bond donors (Lipinski definition) is 2. The molecule has 0 bridgehead atoms. The lowest BCUT2D eigenvalue weighted by Crippen LogP contribution is -2.27. The third-order valence-electron chi connectivity index (χ3n) is 3.31. The third kappa shape index (κ3) is 4.29. The van der Waals surface area contributed by atoms with E-state index in [-0.39, 0.29) is 22.4 Å². The van der Waals surface area contributed by atoms with Crippen LogP contribution in [0.2, 0.25) is 0 Å². The minimum Gasteiger partial charge on any atom is -0.508 e. The number of rotatable bonds is 6. The maximum Gasteiger partial charge on any atom is 0.273 e. The van der Waals surface area contributed by atoms with Crippen LogP contribution in [0.1, 0.15) is 18.1 Å². The maximum atomic E-state index is 10.9. The minimum absolute atomic E-state index is 0.141. The number of para-hydroxylation sites is 1. The van der Waals surface area contributed by atoms with Gasteiger partial charge in [-0.3, -0.25) is 10.1 Å². The summed E-state index contributed by atoms with van der Waals surface area (Å²) in [4.78, 5) is 10.6. The smallest absolute Gasteiger partial charge is 0.273 e. The molecule has 0 aromatic heterocycles. The van der Waals surface area contributed by atoms with Crippen molar-refractivity contribution in [1.29, 1.82) is 0 Å². The number of nitro benzene ring substituents is 1. The van der Waals surface area contributed by atoms with Crippen molar-refractivity contribution in [2.45, 2.75) is 25.9 Å². The zero-order chi connectivity index (χ0) is 15.2. The summed E-state index contributed by atoms with van der Waals surface area (Å²) in [6.45, 7) is 2.48. The fourth-order valence-electron chi connectivity index (χ4n) is 2.18. The van der Waals surface area contributed by atoms with Gasteiger partial charge >= 0.3 is 0 Å². The van der Waals surface area contributed by atoms with Gasteiger partial charge < -0.3 is 10.4 Å². The number of nitro groups is 1. The molecule has 0 aliphatic heterocycles. The number of benzene rings is 2. The molecule has 0 spiro atoms. The van der Waals surface area contributed by atoms with Gasteiger partial charge in [0.1, 0.15) is 5.75 Å². The van der Waals surface area contributed by atoms with E-state index in [0.717, 1.165) is 12.0 Å². The van der Waals surface area contributed by atoms with E-state index in [9.17, 15) is 15.2 Å². The van der Waals surface area contributed by atoms with Crippen LogP contribution in [0.3, 0.4) is 0 Å². The highest BCUT2D eigenvalue weighted by molar-refractivity contribution is 5.39. The van der Waals surface area contributed by atoms with Gasteiger partial charge in [0.2, 0.25) is 0 Å². The Morgan fingerprint density at radius 2 is 1.86 bits per heavy atom. The van der Waals surface area contributed by atoms with Crippen LogP contribution in [0.4, 0.5) is 5.69 Å². The molecule has 2 rings (SSSR count). The topological polar surface area (TPSA) is 75.4 Å². The molecule has 21 heavy (non-hydrogen) atoms. The molecule has 0 aliphatic carbocycles. The Balaban J connectivity index is 1.93. The van der Waals surface area contributed by atoms with E-state index in [1.54, 1.807) is 30.3 Å². The first-order valence-corrected chi connectivity index (χ1v) is 6.80. The van der Waals surface area contributed by atoms with Crippen molar-refractivity contribution in [1.82, 2.24) is 5.32 Å². The van der Waals surface area contributed by atoms with Gasteiger partial charge in [-0.05, 0) is 31.0 Å². The first kappa shape index (κ1) is 15.0. The van der Waals surface area contributed by atoms with E-state index in [0.29, 0.717) is 12.1 Å². The molecule has 0 amide bonds. The SMILES string of the molecule is CC(Cc1ccc(O)cc1)NCc1ccccc1[N+](=O)[O-]. The van der Waals surface area contributed by atoms with Crippen molar-refractivity contribution in [2.24, 2.45) is 0 Å². The summed E-state index contributed by atoms with van der Waals surface area (Å²) in [7, 11) is 0. The van der Waals surface area contributed by atoms with Crippen molar-refractivity contribution in [3.05, 3.63) is 69.8 Å². The maximum absolute atomic E-state index is 10.9. The molecule has 2 N–H and O–H groups in total. The quantitative estimate of drug-likeness (QED) is 0.632. The number of phenols is 1. The Labute approximate surface area is 123 Å². The Morgan fingerprint density at radius 3 is 2.52 bits per heavy atom. The fraction of sp³-hybridized carbons (Fsp3) is 0.250. The van der Waals surface area contributed by atoms with Gasteiger partial charge in [-0.2, -0.15) is 0 Å². The van der Waals surface area contributed by atoms with Crippen LogP contribution < -0.4 is 5.32 Å². The lowest BCUT2D eigenvalue weighted by Gasteiger charge is -2.14. The van der Waals surface area contributed by atoms with Crippen molar-refractivity contribution in [3.63, 3.8) is 0 Å². The molecule has 0 aliphatic rings. The molecule has 0 heterocycles. The summed E-state index contributed by atoms with van der Waals surface area (Å²) < 4.78 is 0. The van der Waals surface area contributed by atoms with Gasteiger partial charge in [-0.15, -0.1) is 0 Å². The number of aromatic hydroxyl groups is 1. The zero-order valence-electron chi connectivity index (χ0n) is 11.8. The number of nitrogens with zero attached hydrogens (tertiary/aromatic N) is 1. The summed E-state index contributed by atoms with van der Waals surface area (Å²) in [5, 5.41) is 23.5. The summed E-state index contributed by atoms with van der Waals surface area (Å²) in [5.74, 6) is 0.249. The second kappa shape index (κ2) is 6.85. The highest BCUT2D eigenvalue weighted by Gasteiger charge is 2.12. The molecule has 0 saturated heterocycles. The molecule has 0 saturated carbocycles. The predicted octanol–water partition coefficient (Wildman–Crippen LogP) is 3.02. The molecule has 110 valence electrons. The molecule has 0 radical (unpaired) electrons. The fourth-order valence-corrected chi connectivity index (χ4v) is 2.18. The molecule has 0 fully saturated rings. The number of nitrogens with one attached hydrogen (secondary N) is 1. The van der Waals surface area contributed by atoms with Crippen molar-refractivity contribution in [2.75, 3.05) is 0 Å². The van der Waals surface area contributed by atoms with Gasteiger partial charge in [0, 0.05) is 24.2 Å². The molecule has 1 atom stereocenters. The molecule has 5 nitrogen and oxygen atoms in total. The highest BCUT2D eigenvalue weighted by Crippen LogP contribution is 2.17. The Kier molecular flexibility index (Phi) is 4.90. The van der Waals surface area contributed by atoms with Gasteiger partial charge in [0.25, 0.3) is 5.69 Å². The molecular weight excluding hydrogens is 268 g/mol. The molecular formula is C16H18N2O3. The Morgan fingerprint density at radius 1 is 1.19 bits per heavy atom.